The molecule has 1 unspecified atom stereocenters. The summed E-state index contributed by atoms with van der Waals surface area (Å²) < 4.78 is 5.50. The Morgan fingerprint density at radius 3 is 2.70 bits per heavy atom. The van der Waals surface area contributed by atoms with Crippen molar-refractivity contribution in [2.75, 3.05) is 26.7 Å². The van der Waals surface area contributed by atoms with Crippen molar-refractivity contribution in [2.45, 2.75) is 65.5 Å². The summed E-state index contributed by atoms with van der Waals surface area (Å²) >= 11 is 0. The maximum Gasteiger partial charge on any atom is 0.225 e. The summed E-state index contributed by atoms with van der Waals surface area (Å²) in [7, 11) is 1.69. The molecule has 1 aliphatic carbocycles. The first-order valence-corrected chi connectivity index (χ1v) is 10.9. The summed E-state index contributed by atoms with van der Waals surface area (Å²) in [6.07, 6.45) is 7.30. The molecule has 2 aliphatic rings. The second-order valence-electron chi connectivity index (χ2n) is 8.14. The number of hydrogen-bond donors (Lipinski definition) is 2. The number of pyridine rings is 1. The predicted molar refractivity (Wildman–Crippen MR) is 131 cm³/mol. The summed E-state index contributed by atoms with van der Waals surface area (Å²) in [4.78, 5) is 24.0. The molecule has 2 N–H and O–H groups in total. The van der Waals surface area contributed by atoms with Crippen LogP contribution in [0.25, 0.3) is 0 Å². The van der Waals surface area contributed by atoms with Crippen molar-refractivity contribution in [3.63, 3.8) is 0 Å². The van der Waals surface area contributed by atoms with Crippen LogP contribution < -0.4 is 15.4 Å². The number of carbonyl (C=O) groups is 1. The molecule has 1 aromatic heterocycles. The van der Waals surface area contributed by atoms with E-state index in [2.05, 4.69) is 22.5 Å². The maximum atomic E-state index is 12.7. The van der Waals surface area contributed by atoms with Gasteiger partial charge in [0.15, 0.2) is 5.96 Å². The van der Waals surface area contributed by atoms with E-state index in [0.29, 0.717) is 12.5 Å². The predicted octanol–water partition coefficient (Wildman–Crippen LogP) is 3.17. The number of methoxy groups -OCH3 is 1. The van der Waals surface area contributed by atoms with Gasteiger partial charge in [-0.25, -0.2) is 4.99 Å². The van der Waals surface area contributed by atoms with Gasteiger partial charge in [-0.3, -0.25) is 9.78 Å². The van der Waals surface area contributed by atoms with Gasteiger partial charge in [-0.1, -0.05) is 12.8 Å². The van der Waals surface area contributed by atoms with Crippen molar-refractivity contribution >= 4 is 35.8 Å². The number of nitrogens with zero attached hydrogens (tertiary/aromatic N) is 3. The summed E-state index contributed by atoms with van der Waals surface area (Å²) in [6.45, 7) is 8.93. The zero-order chi connectivity index (χ0) is 20.8. The quantitative estimate of drug-likeness (QED) is 0.336. The number of amides is 1. The molecular formula is C22H36IN5O2. The third kappa shape index (κ3) is 5.98. The summed E-state index contributed by atoms with van der Waals surface area (Å²) in [6, 6.07) is 0.236. The third-order valence-electron chi connectivity index (χ3n) is 6.03. The van der Waals surface area contributed by atoms with Crippen LogP contribution in [0.4, 0.5) is 0 Å². The van der Waals surface area contributed by atoms with Crippen LogP contribution in [0.5, 0.6) is 5.75 Å². The number of hydrogen-bond acceptors (Lipinski definition) is 4. The Hall–Kier alpha value is -1.58. The SMILES string of the molecule is CCNC(=NCc1ncc(C)c(OC)c1C)NC1CCN(C(=O)C2CCCC2)C1.I. The molecule has 2 heterocycles. The second kappa shape index (κ2) is 11.7. The molecule has 1 atom stereocenters. The number of nitrogens with one attached hydrogen (secondary N) is 2. The lowest BCUT2D eigenvalue weighted by Gasteiger charge is -2.21. The molecule has 1 amide bonds. The fourth-order valence-corrected chi connectivity index (χ4v) is 4.41. The Morgan fingerprint density at radius 2 is 2.03 bits per heavy atom. The standard InChI is InChI=1S/C22H35N5O2.HI/c1-5-23-22(25-13-19-16(3)20(29-4)15(2)12-24-19)26-18-10-11-27(14-18)21(28)17-8-6-7-9-17;/h12,17-18H,5-11,13-14H2,1-4H3,(H2,23,25,26);1H. The molecule has 0 spiro atoms. The Balaban J connectivity index is 0.00000320. The van der Waals surface area contributed by atoms with E-state index < -0.39 is 0 Å². The monoisotopic (exact) mass is 529 g/mol. The molecule has 1 aliphatic heterocycles. The zero-order valence-electron chi connectivity index (χ0n) is 18.7. The van der Waals surface area contributed by atoms with Crippen LogP contribution >= 0.6 is 24.0 Å². The third-order valence-corrected chi connectivity index (χ3v) is 6.03. The molecule has 30 heavy (non-hydrogen) atoms. The lowest BCUT2D eigenvalue weighted by Crippen LogP contribution is -2.45. The molecule has 1 saturated heterocycles. The van der Waals surface area contributed by atoms with Crippen molar-refractivity contribution in [1.29, 1.82) is 0 Å². The van der Waals surface area contributed by atoms with Crippen molar-refractivity contribution in [2.24, 2.45) is 10.9 Å². The molecule has 0 bridgehead atoms. The summed E-state index contributed by atoms with van der Waals surface area (Å²) in [5.74, 6) is 2.25. The highest BCUT2D eigenvalue weighted by molar-refractivity contribution is 14.0. The first kappa shape index (κ1) is 24.7. The number of rotatable bonds is 6. The lowest BCUT2D eigenvalue weighted by atomic mass is 10.1. The molecule has 1 saturated carbocycles. The minimum absolute atomic E-state index is 0. The van der Waals surface area contributed by atoms with Gasteiger partial charge in [0.05, 0.1) is 19.3 Å². The number of aryl methyl sites for hydroxylation is 1. The highest BCUT2D eigenvalue weighted by Gasteiger charge is 2.32. The van der Waals surface area contributed by atoms with Gasteiger partial charge in [0.25, 0.3) is 0 Å². The van der Waals surface area contributed by atoms with E-state index in [1.807, 2.05) is 24.9 Å². The van der Waals surface area contributed by atoms with Crippen LogP contribution in [0.1, 0.15) is 55.8 Å². The molecular weight excluding hydrogens is 493 g/mol. The van der Waals surface area contributed by atoms with Gasteiger partial charge in [-0.2, -0.15) is 0 Å². The van der Waals surface area contributed by atoms with Crippen LogP contribution in [0, 0.1) is 19.8 Å². The number of aromatic nitrogens is 1. The van der Waals surface area contributed by atoms with Gasteiger partial charge in [0.1, 0.15) is 5.75 Å². The molecule has 3 rings (SSSR count). The van der Waals surface area contributed by atoms with E-state index in [9.17, 15) is 4.79 Å². The van der Waals surface area contributed by atoms with Crippen LogP contribution in [0.15, 0.2) is 11.2 Å². The maximum absolute atomic E-state index is 12.7. The fraction of sp³-hybridized carbons (Fsp3) is 0.682. The number of guanidine groups is 1. The largest absolute Gasteiger partial charge is 0.496 e. The van der Waals surface area contributed by atoms with E-state index in [-0.39, 0.29) is 35.9 Å². The fourth-order valence-electron chi connectivity index (χ4n) is 4.41. The van der Waals surface area contributed by atoms with Crippen LogP contribution in [0.3, 0.4) is 0 Å². The van der Waals surface area contributed by atoms with Gasteiger partial charge in [0.2, 0.25) is 5.91 Å². The van der Waals surface area contributed by atoms with Gasteiger partial charge >= 0.3 is 0 Å². The first-order valence-electron chi connectivity index (χ1n) is 10.9. The number of carbonyl (C=O) groups excluding carboxylic acids is 1. The van der Waals surface area contributed by atoms with Gasteiger partial charge in [-0.05, 0) is 40.0 Å². The molecule has 2 fully saturated rings. The minimum Gasteiger partial charge on any atom is -0.496 e. The molecule has 7 nitrogen and oxygen atoms in total. The first-order chi connectivity index (χ1) is 14.0. The van der Waals surface area contributed by atoms with E-state index in [1.54, 1.807) is 7.11 Å². The van der Waals surface area contributed by atoms with Crippen LogP contribution in [0.2, 0.25) is 0 Å². The van der Waals surface area contributed by atoms with E-state index in [4.69, 9.17) is 9.73 Å². The number of likely N-dealkylation sites (tertiary alicyclic amines) is 1. The Bertz CT molecular complexity index is 749. The number of aliphatic imine (C=N–C) groups is 1. The molecule has 0 radical (unpaired) electrons. The van der Waals surface area contributed by atoms with Crippen molar-refractivity contribution in [1.82, 2.24) is 20.5 Å². The highest BCUT2D eigenvalue weighted by Crippen LogP contribution is 2.28. The van der Waals surface area contributed by atoms with Crippen molar-refractivity contribution < 1.29 is 9.53 Å². The average molecular weight is 529 g/mol. The lowest BCUT2D eigenvalue weighted by molar-refractivity contribution is -0.134. The normalized spacial score (nSPS) is 19.5. The summed E-state index contributed by atoms with van der Waals surface area (Å²) in [5.41, 5.74) is 2.97. The Labute approximate surface area is 197 Å². The molecule has 168 valence electrons. The molecule has 8 heteroatoms. The van der Waals surface area contributed by atoms with Crippen LogP contribution in [-0.4, -0.2) is 54.5 Å². The Kier molecular flexibility index (Phi) is 9.64. The molecule has 1 aromatic rings. The van der Waals surface area contributed by atoms with Gasteiger partial charge < -0.3 is 20.3 Å². The van der Waals surface area contributed by atoms with Gasteiger partial charge in [-0.15, -0.1) is 24.0 Å². The number of halogens is 1. The van der Waals surface area contributed by atoms with Crippen molar-refractivity contribution in [3.05, 3.63) is 23.0 Å². The highest BCUT2D eigenvalue weighted by atomic mass is 127. The average Bonchev–Trinajstić information content (AvgIpc) is 3.39. The Morgan fingerprint density at radius 1 is 1.30 bits per heavy atom. The van der Waals surface area contributed by atoms with E-state index >= 15 is 0 Å². The molecule has 0 aromatic carbocycles. The van der Waals surface area contributed by atoms with E-state index in [0.717, 1.165) is 67.4 Å². The summed E-state index contributed by atoms with van der Waals surface area (Å²) in [5, 5.41) is 6.82. The van der Waals surface area contributed by atoms with Crippen molar-refractivity contribution in [3.8, 4) is 5.75 Å². The number of ether oxygens (including phenoxy) is 1. The smallest absolute Gasteiger partial charge is 0.225 e. The zero-order valence-corrected chi connectivity index (χ0v) is 21.0. The minimum atomic E-state index is 0. The van der Waals surface area contributed by atoms with Gasteiger partial charge in [0, 0.05) is 48.9 Å². The topological polar surface area (TPSA) is 78.9 Å². The van der Waals surface area contributed by atoms with E-state index in [1.165, 1.54) is 12.8 Å². The van der Waals surface area contributed by atoms with Crippen LogP contribution in [-0.2, 0) is 11.3 Å². The second-order valence-corrected chi connectivity index (χ2v) is 8.14.